The van der Waals surface area contributed by atoms with Crippen LogP contribution in [0.4, 0.5) is 0 Å². The van der Waals surface area contributed by atoms with E-state index in [9.17, 15) is 0 Å². The van der Waals surface area contributed by atoms with E-state index in [1.54, 1.807) is 6.20 Å². The van der Waals surface area contributed by atoms with Gasteiger partial charge in [-0.25, -0.2) is 4.99 Å². The lowest BCUT2D eigenvalue weighted by atomic mass is 10.4. The van der Waals surface area contributed by atoms with Crippen LogP contribution in [0.3, 0.4) is 0 Å². The van der Waals surface area contributed by atoms with Crippen molar-refractivity contribution in [2.75, 3.05) is 6.54 Å². The van der Waals surface area contributed by atoms with Crippen molar-refractivity contribution in [1.29, 1.82) is 0 Å². The average molecular weight is 179 g/mol. The van der Waals surface area contributed by atoms with Gasteiger partial charge >= 0.3 is 0 Å². The summed E-state index contributed by atoms with van der Waals surface area (Å²) in [5.41, 5.74) is 6.33. The maximum atomic E-state index is 5.52. The highest BCUT2D eigenvalue weighted by molar-refractivity contribution is 5.77. The van der Waals surface area contributed by atoms with Crippen LogP contribution in [0, 0.1) is 0 Å². The summed E-state index contributed by atoms with van der Waals surface area (Å²) in [5, 5.41) is 10.5. The Kier molecular flexibility index (Phi) is 3.69. The van der Waals surface area contributed by atoms with Crippen LogP contribution >= 0.6 is 0 Å². The van der Waals surface area contributed by atoms with Gasteiger partial charge < -0.3 is 11.1 Å². The van der Waals surface area contributed by atoms with Gasteiger partial charge in [-0.2, -0.15) is 10.2 Å². The summed E-state index contributed by atoms with van der Waals surface area (Å²) in [6.45, 7) is 3.20. The molecule has 0 radical (unpaired) electrons. The normalized spacial score (nSPS) is 11.3. The molecule has 0 unspecified atom stereocenters. The molecule has 5 heteroatoms. The second-order valence-electron chi connectivity index (χ2n) is 2.45. The number of aliphatic imine (C=N–C) groups is 1. The van der Waals surface area contributed by atoms with Crippen LogP contribution in [0.1, 0.15) is 12.6 Å². The first-order chi connectivity index (χ1) is 6.33. The molecule has 3 N–H and O–H groups in total. The van der Waals surface area contributed by atoms with E-state index in [0.29, 0.717) is 12.5 Å². The van der Waals surface area contributed by atoms with Crippen LogP contribution in [-0.2, 0) is 6.54 Å². The van der Waals surface area contributed by atoms with Crippen molar-refractivity contribution in [2.24, 2.45) is 10.7 Å². The first-order valence-electron chi connectivity index (χ1n) is 4.13. The van der Waals surface area contributed by atoms with E-state index < -0.39 is 0 Å². The molecule has 0 aliphatic rings. The van der Waals surface area contributed by atoms with E-state index in [4.69, 9.17) is 5.73 Å². The first kappa shape index (κ1) is 9.44. The van der Waals surface area contributed by atoms with Crippen LogP contribution in [0.15, 0.2) is 23.3 Å². The average Bonchev–Trinajstić information content (AvgIpc) is 2.17. The van der Waals surface area contributed by atoms with Crippen molar-refractivity contribution in [3.05, 3.63) is 24.0 Å². The lowest BCUT2D eigenvalue weighted by molar-refractivity contribution is 0.874. The number of hydrogen-bond donors (Lipinski definition) is 2. The summed E-state index contributed by atoms with van der Waals surface area (Å²) in [4.78, 5) is 4.06. The molecule has 0 saturated carbocycles. The summed E-state index contributed by atoms with van der Waals surface area (Å²) < 4.78 is 0. The first-order valence-corrected chi connectivity index (χ1v) is 4.13. The van der Waals surface area contributed by atoms with Gasteiger partial charge in [-0.3, -0.25) is 0 Å². The lowest BCUT2D eigenvalue weighted by Gasteiger charge is -2.00. The smallest absolute Gasteiger partial charge is 0.188 e. The number of rotatable bonds is 3. The van der Waals surface area contributed by atoms with E-state index in [0.717, 1.165) is 12.2 Å². The molecular formula is C8H13N5. The molecule has 0 aliphatic heterocycles. The third-order valence-electron chi connectivity index (χ3n) is 1.40. The largest absolute Gasteiger partial charge is 0.370 e. The Morgan fingerprint density at radius 1 is 1.69 bits per heavy atom. The van der Waals surface area contributed by atoms with Crippen molar-refractivity contribution >= 4 is 5.96 Å². The molecule has 1 aromatic rings. The topological polar surface area (TPSA) is 76.2 Å². The minimum Gasteiger partial charge on any atom is -0.370 e. The molecule has 0 fully saturated rings. The number of guanidine groups is 1. The van der Waals surface area contributed by atoms with Crippen LogP contribution in [0.25, 0.3) is 0 Å². The molecule has 1 heterocycles. The SMILES string of the molecule is CCNC(N)=NCc1cccnn1. The zero-order valence-electron chi connectivity index (χ0n) is 7.57. The van der Waals surface area contributed by atoms with Gasteiger partial charge in [0.2, 0.25) is 0 Å². The number of hydrogen-bond acceptors (Lipinski definition) is 3. The van der Waals surface area contributed by atoms with Crippen molar-refractivity contribution in [3.8, 4) is 0 Å². The third-order valence-corrected chi connectivity index (χ3v) is 1.40. The van der Waals surface area contributed by atoms with Crippen molar-refractivity contribution in [3.63, 3.8) is 0 Å². The van der Waals surface area contributed by atoms with Crippen LogP contribution in [0.5, 0.6) is 0 Å². The summed E-state index contributed by atoms with van der Waals surface area (Å²) in [7, 11) is 0. The van der Waals surface area contributed by atoms with Crippen LogP contribution < -0.4 is 11.1 Å². The number of nitrogens with one attached hydrogen (secondary N) is 1. The number of aromatic nitrogens is 2. The molecule has 0 aliphatic carbocycles. The number of nitrogens with zero attached hydrogens (tertiary/aromatic N) is 3. The molecule has 0 spiro atoms. The van der Waals surface area contributed by atoms with Crippen molar-refractivity contribution in [1.82, 2.24) is 15.5 Å². The Labute approximate surface area is 77.1 Å². The highest BCUT2D eigenvalue weighted by Gasteiger charge is 1.91. The highest BCUT2D eigenvalue weighted by atomic mass is 15.1. The van der Waals surface area contributed by atoms with E-state index in [2.05, 4.69) is 20.5 Å². The fraction of sp³-hybridized carbons (Fsp3) is 0.375. The van der Waals surface area contributed by atoms with E-state index in [1.165, 1.54) is 0 Å². The maximum Gasteiger partial charge on any atom is 0.188 e. The molecule has 0 amide bonds. The predicted molar refractivity (Wildman–Crippen MR) is 51.0 cm³/mol. The zero-order valence-corrected chi connectivity index (χ0v) is 7.57. The minimum atomic E-state index is 0.438. The molecule has 0 aromatic carbocycles. The van der Waals surface area contributed by atoms with Crippen LogP contribution in [0.2, 0.25) is 0 Å². The van der Waals surface area contributed by atoms with Gasteiger partial charge in [-0.15, -0.1) is 0 Å². The van der Waals surface area contributed by atoms with E-state index in [1.807, 2.05) is 19.1 Å². The molecule has 5 nitrogen and oxygen atoms in total. The van der Waals surface area contributed by atoms with Crippen molar-refractivity contribution < 1.29 is 0 Å². The second kappa shape index (κ2) is 5.08. The lowest BCUT2D eigenvalue weighted by Crippen LogP contribution is -2.31. The molecular weight excluding hydrogens is 166 g/mol. The Morgan fingerprint density at radius 3 is 3.15 bits per heavy atom. The minimum absolute atomic E-state index is 0.438. The second-order valence-corrected chi connectivity index (χ2v) is 2.45. The Bertz CT molecular complexity index is 269. The zero-order chi connectivity index (χ0) is 9.52. The van der Waals surface area contributed by atoms with Gasteiger partial charge in [0, 0.05) is 12.7 Å². The summed E-state index contributed by atoms with van der Waals surface area (Å²) in [6, 6.07) is 3.68. The fourth-order valence-corrected chi connectivity index (χ4v) is 0.821. The standard InChI is InChI=1S/C8H13N5/c1-2-10-8(9)11-6-7-4-3-5-12-13-7/h3-5H,2,6H2,1H3,(H3,9,10,11). The predicted octanol–water partition coefficient (Wildman–Crippen LogP) is -0.0992. The van der Waals surface area contributed by atoms with E-state index >= 15 is 0 Å². The highest BCUT2D eigenvalue weighted by Crippen LogP contribution is 1.92. The van der Waals surface area contributed by atoms with Gasteiger partial charge in [-0.05, 0) is 19.1 Å². The molecule has 0 bridgehead atoms. The fourth-order valence-electron chi connectivity index (χ4n) is 0.821. The Hall–Kier alpha value is -1.65. The van der Waals surface area contributed by atoms with Gasteiger partial charge in [0.05, 0.1) is 12.2 Å². The molecule has 0 atom stereocenters. The van der Waals surface area contributed by atoms with Gasteiger partial charge in [-0.1, -0.05) is 0 Å². The van der Waals surface area contributed by atoms with E-state index in [-0.39, 0.29) is 0 Å². The van der Waals surface area contributed by atoms with Crippen molar-refractivity contribution in [2.45, 2.75) is 13.5 Å². The van der Waals surface area contributed by atoms with Gasteiger partial charge in [0.25, 0.3) is 0 Å². The molecule has 1 aromatic heterocycles. The Morgan fingerprint density at radius 2 is 2.54 bits per heavy atom. The van der Waals surface area contributed by atoms with Gasteiger partial charge in [0.15, 0.2) is 5.96 Å². The van der Waals surface area contributed by atoms with Crippen LogP contribution in [-0.4, -0.2) is 22.7 Å². The molecule has 1 rings (SSSR count). The third kappa shape index (κ3) is 3.50. The summed E-state index contributed by atoms with van der Waals surface area (Å²) in [5.74, 6) is 0.438. The number of nitrogens with two attached hydrogens (primary N) is 1. The Balaban J connectivity index is 2.47. The quantitative estimate of drug-likeness (QED) is 0.502. The monoisotopic (exact) mass is 179 g/mol. The summed E-state index contributed by atoms with van der Waals surface area (Å²) in [6.07, 6.45) is 1.63. The maximum absolute atomic E-state index is 5.52. The molecule has 13 heavy (non-hydrogen) atoms. The summed E-state index contributed by atoms with van der Waals surface area (Å²) >= 11 is 0. The molecule has 70 valence electrons. The molecule has 0 saturated heterocycles. The van der Waals surface area contributed by atoms with Gasteiger partial charge in [0.1, 0.15) is 0 Å².